The maximum atomic E-state index is 13.3. The predicted octanol–water partition coefficient (Wildman–Crippen LogP) is 2.89. The molecule has 0 radical (unpaired) electrons. The number of nitrogen functional groups attached to an aromatic ring is 1. The van der Waals surface area contributed by atoms with Crippen molar-refractivity contribution in [3.05, 3.63) is 54.1 Å². The predicted molar refractivity (Wildman–Crippen MR) is 65.4 cm³/mol. The second-order valence-electron chi connectivity index (χ2n) is 3.92. The zero-order chi connectivity index (χ0) is 12.7. The number of nitrogens with two attached hydrogens (primary N) is 1. The standard InChI is InChI=1S/C13H9F2N3/c14-8-2-1-3-10(6-8)18-12-7-9(15)4-5-11(12)17-13(18)16/h1-7H,(H2,16,17). The van der Waals surface area contributed by atoms with E-state index in [4.69, 9.17) is 5.73 Å². The summed E-state index contributed by atoms with van der Waals surface area (Å²) in [5, 5.41) is 0. The van der Waals surface area contributed by atoms with Gasteiger partial charge < -0.3 is 5.73 Å². The summed E-state index contributed by atoms with van der Waals surface area (Å²) in [6.07, 6.45) is 0. The van der Waals surface area contributed by atoms with Crippen LogP contribution < -0.4 is 5.73 Å². The van der Waals surface area contributed by atoms with Gasteiger partial charge in [0.05, 0.1) is 16.7 Å². The van der Waals surface area contributed by atoms with E-state index in [1.54, 1.807) is 12.1 Å². The number of hydrogen-bond acceptors (Lipinski definition) is 2. The third kappa shape index (κ3) is 1.60. The van der Waals surface area contributed by atoms with E-state index >= 15 is 0 Å². The summed E-state index contributed by atoms with van der Waals surface area (Å²) in [6, 6.07) is 10.1. The van der Waals surface area contributed by atoms with E-state index in [0.29, 0.717) is 16.7 Å². The van der Waals surface area contributed by atoms with E-state index in [9.17, 15) is 8.78 Å². The first-order valence-corrected chi connectivity index (χ1v) is 5.34. The molecule has 0 saturated heterocycles. The van der Waals surface area contributed by atoms with Gasteiger partial charge in [0.1, 0.15) is 11.6 Å². The fourth-order valence-electron chi connectivity index (χ4n) is 1.95. The molecular weight excluding hydrogens is 236 g/mol. The van der Waals surface area contributed by atoms with Crippen LogP contribution in [0.1, 0.15) is 0 Å². The molecule has 5 heteroatoms. The zero-order valence-corrected chi connectivity index (χ0v) is 9.27. The summed E-state index contributed by atoms with van der Waals surface area (Å²) >= 11 is 0. The van der Waals surface area contributed by atoms with Gasteiger partial charge in [0.15, 0.2) is 0 Å². The topological polar surface area (TPSA) is 43.8 Å². The maximum absolute atomic E-state index is 13.3. The van der Waals surface area contributed by atoms with E-state index in [1.165, 1.54) is 34.9 Å². The number of imidazole rings is 1. The molecule has 0 atom stereocenters. The molecule has 3 aromatic rings. The van der Waals surface area contributed by atoms with Gasteiger partial charge in [-0.3, -0.25) is 4.57 Å². The molecule has 0 aliphatic heterocycles. The second-order valence-corrected chi connectivity index (χ2v) is 3.92. The number of rotatable bonds is 1. The highest BCUT2D eigenvalue weighted by molar-refractivity contribution is 5.80. The lowest BCUT2D eigenvalue weighted by molar-refractivity contribution is 0.626. The van der Waals surface area contributed by atoms with Crippen LogP contribution in [-0.4, -0.2) is 9.55 Å². The molecular formula is C13H9F2N3. The fourth-order valence-corrected chi connectivity index (χ4v) is 1.95. The van der Waals surface area contributed by atoms with Crippen molar-refractivity contribution in [1.29, 1.82) is 0 Å². The summed E-state index contributed by atoms with van der Waals surface area (Å²) in [4.78, 5) is 4.11. The molecule has 2 aromatic carbocycles. The van der Waals surface area contributed by atoms with Crippen LogP contribution in [0.5, 0.6) is 0 Å². The highest BCUT2D eigenvalue weighted by atomic mass is 19.1. The normalized spacial score (nSPS) is 11.0. The molecule has 0 aliphatic carbocycles. The molecule has 0 fully saturated rings. The second kappa shape index (κ2) is 3.80. The number of halogens is 2. The van der Waals surface area contributed by atoms with Gasteiger partial charge in [-0.25, -0.2) is 13.8 Å². The van der Waals surface area contributed by atoms with Crippen LogP contribution in [0.25, 0.3) is 16.7 Å². The van der Waals surface area contributed by atoms with Crippen LogP contribution in [0.15, 0.2) is 42.5 Å². The number of aromatic nitrogens is 2. The van der Waals surface area contributed by atoms with Crippen molar-refractivity contribution in [3.8, 4) is 5.69 Å². The van der Waals surface area contributed by atoms with Gasteiger partial charge in [-0.05, 0) is 30.3 Å². The number of nitrogens with zero attached hydrogens (tertiary/aromatic N) is 2. The molecule has 0 spiro atoms. The molecule has 2 N–H and O–H groups in total. The lowest BCUT2D eigenvalue weighted by Gasteiger charge is -2.06. The summed E-state index contributed by atoms with van der Waals surface area (Å²) in [5.41, 5.74) is 7.39. The third-order valence-electron chi connectivity index (χ3n) is 2.71. The van der Waals surface area contributed by atoms with E-state index in [-0.39, 0.29) is 17.6 Å². The van der Waals surface area contributed by atoms with Gasteiger partial charge in [-0.15, -0.1) is 0 Å². The number of hydrogen-bond donors (Lipinski definition) is 1. The van der Waals surface area contributed by atoms with Gasteiger partial charge in [-0.2, -0.15) is 0 Å². The van der Waals surface area contributed by atoms with Gasteiger partial charge in [0, 0.05) is 6.07 Å². The molecule has 3 nitrogen and oxygen atoms in total. The number of anilines is 1. The molecule has 0 unspecified atom stereocenters. The Morgan fingerprint density at radius 1 is 1.00 bits per heavy atom. The first kappa shape index (κ1) is 10.7. The SMILES string of the molecule is Nc1nc2ccc(F)cc2n1-c1cccc(F)c1. The van der Waals surface area contributed by atoms with Gasteiger partial charge >= 0.3 is 0 Å². The Labute approximate surface area is 101 Å². The van der Waals surface area contributed by atoms with E-state index in [1.807, 2.05) is 0 Å². The Morgan fingerprint density at radius 2 is 1.78 bits per heavy atom. The first-order valence-electron chi connectivity index (χ1n) is 5.34. The first-order chi connectivity index (χ1) is 8.65. The Morgan fingerprint density at radius 3 is 2.56 bits per heavy atom. The average molecular weight is 245 g/mol. The van der Waals surface area contributed by atoms with Gasteiger partial charge in [0.2, 0.25) is 5.95 Å². The minimum Gasteiger partial charge on any atom is -0.369 e. The van der Waals surface area contributed by atoms with E-state index in [0.717, 1.165) is 0 Å². The van der Waals surface area contributed by atoms with Crippen LogP contribution >= 0.6 is 0 Å². The smallest absolute Gasteiger partial charge is 0.205 e. The van der Waals surface area contributed by atoms with Crippen molar-refractivity contribution in [3.63, 3.8) is 0 Å². The third-order valence-corrected chi connectivity index (χ3v) is 2.71. The zero-order valence-electron chi connectivity index (χ0n) is 9.27. The van der Waals surface area contributed by atoms with Crippen molar-refractivity contribution in [2.75, 3.05) is 5.73 Å². The van der Waals surface area contributed by atoms with Crippen molar-refractivity contribution < 1.29 is 8.78 Å². The van der Waals surface area contributed by atoms with Crippen LogP contribution in [0.2, 0.25) is 0 Å². The highest BCUT2D eigenvalue weighted by Crippen LogP contribution is 2.23. The van der Waals surface area contributed by atoms with E-state index in [2.05, 4.69) is 4.98 Å². The lowest BCUT2D eigenvalue weighted by atomic mass is 10.2. The highest BCUT2D eigenvalue weighted by Gasteiger charge is 2.11. The fraction of sp³-hybridized carbons (Fsp3) is 0. The quantitative estimate of drug-likeness (QED) is 0.716. The van der Waals surface area contributed by atoms with Crippen LogP contribution in [0, 0.1) is 11.6 Å². The number of fused-ring (bicyclic) bond motifs is 1. The molecule has 0 amide bonds. The molecule has 1 aromatic heterocycles. The van der Waals surface area contributed by atoms with Crippen molar-refractivity contribution in [2.24, 2.45) is 0 Å². The minimum absolute atomic E-state index is 0.196. The van der Waals surface area contributed by atoms with Crippen molar-refractivity contribution in [1.82, 2.24) is 9.55 Å². The molecule has 0 bridgehead atoms. The number of benzene rings is 2. The molecule has 0 aliphatic rings. The Bertz CT molecular complexity index is 734. The van der Waals surface area contributed by atoms with E-state index < -0.39 is 0 Å². The average Bonchev–Trinajstić information content (AvgIpc) is 2.64. The maximum Gasteiger partial charge on any atom is 0.205 e. The van der Waals surface area contributed by atoms with Crippen LogP contribution in [-0.2, 0) is 0 Å². The Kier molecular flexibility index (Phi) is 2.26. The lowest BCUT2D eigenvalue weighted by Crippen LogP contribution is -2.00. The summed E-state index contributed by atoms with van der Waals surface area (Å²) < 4.78 is 28.0. The largest absolute Gasteiger partial charge is 0.369 e. The minimum atomic E-state index is -0.389. The Hall–Kier alpha value is -2.43. The molecule has 90 valence electrons. The molecule has 18 heavy (non-hydrogen) atoms. The van der Waals surface area contributed by atoms with Crippen molar-refractivity contribution in [2.45, 2.75) is 0 Å². The van der Waals surface area contributed by atoms with Gasteiger partial charge in [0.25, 0.3) is 0 Å². The summed E-state index contributed by atoms with van der Waals surface area (Å²) in [6.45, 7) is 0. The van der Waals surface area contributed by atoms with Crippen LogP contribution in [0.3, 0.4) is 0 Å². The molecule has 1 heterocycles. The monoisotopic (exact) mass is 245 g/mol. The Balaban J connectivity index is 2.34. The molecule has 0 saturated carbocycles. The molecule has 3 rings (SSSR count). The van der Waals surface area contributed by atoms with Gasteiger partial charge in [-0.1, -0.05) is 6.07 Å². The summed E-state index contributed by atoms with van der Waals surface area (Å²) in [5.74, 6) is -0.577. The summed E-state index contributed by atoms with van der Waals surface area (Å²) in [7, 11) is 0. The van der Waals surface area contributed by atoms with Crippen LogP contribution in [0.4, 0.5) is 14.7 Å². The van der Waals surface area contributed by atoms with Crippen molar-refractivity contribution >= 4 is 17.0 Å².